The molecule has 0 atom stereocenters. The van der Waals surface area contributed by atoms with Gasteiger partial charge < -0.3 is 10.0 Å². The number of carboxylic acid groups (broad SMARTS) is 1. The summed E-state index contributed by atoms with van der Waals surface area (Å²) in [6.07, 6.45) is 2.94. The van der Waals surface area contributed by atoms with Gasteiger partial charge in [-0.05, 0) is 47.7 Å². The Balaban J connectivity index is 1.70. The van der Waals surface area contributed by atoms with Crippen molar-refractivity contribution in [1.82, 2.24) is 4.90 Å². The molecule has 2 aromatic rings. The van der Waals surface area contributed by atoms with Crippen LogP contribution in [0.1, 0.15) is 32.0 Å². The van der Waals surface area contributed by atoms with Crippen LogP contribution < -0.4 is 0 Å². The van der Waals surface area contributed by atoms with E-state index in [1.165, 1.54) is 22.6 Å². The van der Waals surface area contributed by atoms with Gasteiger partial charge in [-0.2, -0.15) is 0 Å². The average Bonchev–Trinajstić information content (AvgIpc) is 3.09. The standard InChI is InChI=1S/C17H15NO3S/c19-16(13-3-5-14(6-4-13)17(20)21)18-9-7-12(8-10-18)15-2-1-11-22-15/h1-7,11H,8-10H2,(H,20,21). The van der Waals surface area contributed by atoms with Gasteiger partial charge in [0.1, 0.15) is 0 Å². The molecule has 1 aliphatic heterocycles. The molecule has 0 spiro atoms. The SMILES string of the molecule is O=C(O)c1ccc(C(=O)N2CC=C(c3cccs3)CC2)cc1. The third kappa shape index (κ3) is 2.94. The van der Waals surface area contributed by atoms with Crippen molar-refractivity contribution in [3.63, 3.8) is 0 Å². The zero-order valence-electron chi connectivity index (χ0n) is 11.9. The predicted octanol–water partition coefficient (Wildman–Crippen LogP) is 3.38. The minimum Gasteiger partial charge on any atom is -0.478 e. The first kappa shape index (κ1) is 14.5. The van der Waals surface area contributed by atoms with Crippen LogP contribution in [-0.4, -0.2) is 35.0 Å². The Kier molecular flexibility index (Phi) is 4.06. The van der Waals surface area contributed by atoms with Crippen LogP contribution >= 0.6 is 11.3 Å². The Morgan fingerprint density at radius 1 is 1.09 bits per heavy atom. The van der Waals surface area contributed by atoms with E-state index in [1.54, 1.807) is 28.4 Å². The van der Waals surface area contributed by atoms with Crippen LogP contribution in [-0.2, 0) is 0 Å². The maximum absolute atomic E-state index is 12.4. The Morgan fingerprint density at radius 3 is 2.36 bits per heavy atom. The molecule has 2 heterocycles. The van der Waals surface area contributed by atoms with E-state index in [9.17, 15) is 9.59 Å². The van der Waals surface area contributed by atoms with Gasteiger partial charge in [-0.25, -0.2) is 4.79 Å². The van der Waals surface area contributed by atoms with Crippen molar-refractivity contribution in [2.45, 2.75) is 6.42 Å². The molecule has 0 unspecified atom stereocenters. The second-order valence-electron chi connectivity index (χ2n) is 5.09. The molecule has 0 fully saturated rings. The summed E-state index contributed by atoms with van der Waals surface area (Å²) in [6.45, 7) is 1.27. The zero-order valence-corrected chi connectivity index (χ0v) is 12.7. The van der Waals surface area contributed by atoms with Crippen molar-refractivity contribution in [1.29, 1.82) is 0 Å². The first-order valence-electron chi connectivity index (χ1n) is 7.00. The van der Waals surface area contributed by atoms with E-state index >= 15 is 0 Å². The third-order valence-corrected chi connectivity index (χ3v) is 4.66. The van der Waals surface area contributed by atoms with E-state index in [0.717, 1.165) is 6.42 Å². The molecular formula is C17H15NO3S. The maximum atomic E-state index is 12.4. The number of hydrogen-bond donors (Lipinski definition) is 1. The molecule has 4 nitrogen and oxygen atoms in total. The summed E-state index contributed by atoms with van der Waals surface area (Å²) in [6, 6.07) is 10.2. The van der Waals surface area contributed by atoms with Gasteiger partial charge >= 0.3 is 5.97 Å². The van der Waals surface area contributed by atoms with Crippen LogP contribution in [0.5, 0.6) is 0 Å². The fourth-order valence-corrected chi connectivity index (χ4v) is 3.27. The molecule has 1 amide bonds. The van der Waals surface area contributed by atoms with Gasteiger partial charge in [-0.1, -0.05) is 12.1 Å². The quantitative estimate of drug-likeness (QED) is 0.945. The fourth-order valence-electron chi connectivity index (χ4n) is 2.48. The molecule has 5 heteroatoms. The van der Waals surface area contributed by atoms with Gasteiger partial charge in [0.2, 0.25) is 0 Å². The zero-order chi connectivity index (χ0) is 15.5. The van der Waals surface area contributed by atoms with Gasteiger partial charge in [0.15, 0.2) is 0 Å². The molecule has 1 aromatic heterocycles. The van der Waals surface area contributed by atoms with Crippen LogP contribution in [0.2, 0.25) is 0 Å². The van der Waals surface area contributed by atoms with Gasteiger partial charge in [0, 0.05) is 23.5 Å². The molecule has 1 aromatic carbocycles. The largest absolute Gasteiger partial charge is 0.478 e. The van der Waals surface area contributed by atoms with Gasteiger partial charge in [0.05, 0.1) is 5.56 Å². The molecule has 0 radical (unpaired) electrons. The highest BCUT2D eigenvalue weighted by Crippen LogP contribution is 2.26. The Bertz CT molecular complexity index is 717. The van der Waals surface area contributed by atoms with Crippen molar-refractivity contribution in [3.05, 3.63) is 63.9 Å². The Morgan fingerprint density at radius 2 is 1.82 bits per heavy atom. The van der Waals surface area contributed by atoms with E-state index in [1.807, 2.05) is 6.07 Å². The molecule has 3 rings (SSSR count). The minimum absolute atomic E-state index is 0.0570. The lowest BCUT2D eigenvalue weighted by molar-refractivity contribution is 0.0694. The van der Waals surface area contributed by atoms with Gasteiger partial charge in [-0.15, -0.1) is 11.3 Å². The van der Waals surface area contributed by atoms with Gasteiger partial charge in [-0.3, -0.25) is 4.79 Å². The van der Waals surface area contributed by atoms with E-state index < -0.39 is 5.97 Å². The fraction of sp³-hybridized carbons (Fsp3) is 0.176. The molecule has 0 saturated heterocycles. The Hall–Kier alpha value is -2.40. The highest BCUT2D eigenvalue weighted by molar-refractivity contribution is 7.11. The number of rotatable bonds is 3. The second-order valence-corrected chi connectivity index (χ2v) is 6.04. The number of aromatic carboxylic acids is 1. The second kappa shape index (κ2) is 6.15. The van der Waals surface area contributed by atoms with Crippen molar-refractivity contribution >= 4 is 28.8 Å². The van der Waals surface area contributed by atoms with E-state index in [-0.39, 0.29) is 11.5 Å². The summed E-state index contributed by atoms with van der Waals surface area (Å²) in [5.41, 5.74) is 2.01. The summed E-state index contributed by atoms with van der Waals surface area (Å²) >= 11 is 1.71. The van der Waals surface area contributed by atoms with Crippen molar-refractivity contribution in [3.8, 4) is 0 Å². The monoisotopic (exact) mass is 313 g/mol. The van der Waals surface area contributed by atoms with Crippen LogP contribution in [0.15, 0.2) is 47.9 Å². The first-order valence-corrected chi connectivity index (χ1v) is 7.88. The van der Waals surface area contributed by atoms with Crippen LogP contribution in [0.4, 0.5) is 0 Å². The molecule has 112 valence electrons. The molecule has 1 N–H and O–H groups in total. The van der Waals surface area contributed by atoms with E-state index in [4.69, 9.17) is 5.11 Å². The Labute approximate surface area is 132 Å². The number of benzene rings is 1. The number of carbonyl (C=O) groups excluding carboxylic acids is 1. The van der Waals surface area contributed by atoms with Crippen molar-refractivity contribution in [2.24, 2.45) is 0 Å². The normalized spacial score (nSPS) is 14.5. The molecule has 0 bridgehead atoms. The molecular weight excluding hydrogens is 298 g/mol. The molecule has 1 aliphatic rings. The van der Waals surface area contributed by atoms with Gasteiger partial charge in [0.25, 0.3) is 5.91 Å². The summed E-state index contributed by atoms with van der Waals surface area (Å²) in [7, 11) is 0. The maximum Gasteiger partial charge on any atom is 0.335 e. The lowest BCUT2D eigenvalue weighted by Crippen LogP contribution is -2.34. The third-order valence-electron chi connectivity index (χ3n) is 3.71. The molecule has 22 heavy (non-hydrogen) atoms. The number of thiophene rings is 1. The highest BCUT2D eigenvalue weighted by Gasteiger charge is 2.19. The number of nitrogens with zero attached hydrogens (tertiary/aromatic N) is 1. The van der Waals surface area contributed by atoms with Crippen LogP contribution in [0.25, 0.3) is 5.57 Å². The van der Waals surface area contributed by atoms with Crippen LogP contribution in [0, 0.1) is 0 Å². The molecule has 0 saturated carbocycles. The summed E-state index contributed by atoms with van der Waals surface area (Å²) in [5.74, 6) is -1.04. The number of amides is 1. The van der Waals surface area contributed by atoms with Crippen molar-refractivity contribution < 1.29 is 14.7 Å². The lowest BCUT2D eigenvalue weighted by Gasteiger charge is -2.26. The summed E-state index contributed by atoms with van der Waals surface area (Å²) < 4.78 is 0. The number of hydrogen-bond acceptors (Lipinski definition) is 3. The summed E-state index contributed by atoms with van der Waals surface area (Å²) in [5, 5.41) is 10.9. The topological polar surface area (TPSA) is 57.6 Å². The lowest BCUT2D eigenvalue weighted by atomic mass is 10.0. The number of carbonyl (C=O) groups is 2. The van der Waals surface area contributed by atoms with E-state index in [0.29, 0.717) is 18.7 Å². The molecule has 0 aliphatic carbocycles. The van der Waals surface area contributed by atoms with E-state index in [2.05, 4.69) is 17.5 Å². The minimum atomic E-state index is -0.986. The van der Waals surface area contributed by atoms with Crippen molar-refractivity contribution in [2.75, 3.05) is 13.1 Å². The highest BCUT2D eigenvalue weighted by atomic mass is 32.1. The summed E-state index contributed by atoms with van der Waals surface area (Å²) in [4.78, 5) is 26.3. The smallest absolute Gasteiger partial charge is 0.335 e. The predicted molar refractivity (Wildman–Crippen MR) is 86.2 cm³/mol. The first-order chi connectivity index (χ1) is 10.6. The van der Waals surface area contributed by atoms with Crippen LogP contribution in [0.3, 0.4) is 0 Å². The number of carboxylic acids is 1. The average molecular weight is 313 g/mol.